The molecule has 0 saturated heterocycles. The highest BCUT2D eigenvalue weighted by molar-refractivity contribution is 7.98. The van der Waals surface area contributed by atoms with Crippen molar-refractivity contribution >= 4 is 23.6 Å². The Morgan fingerprint density at radius 1 is 1.37 bits per heavy atom. The maximum Gasteiger partial charge on any atom is 0.339 e. The number of carbonyl (C=O) groups excluding carboxylic acids is 1. The van der Waals surface area contributed by atoms with Crippen molar-refractivity contribution in [1.29, 1.82) is 0 Å². The van der Waals surface area contributed by atoms with Crippen molar-refractivity contribution in [2.45, 2.75) is 51.7 Å². The standard InChI is InChI=1S/C18H26N4O4S/c1-5-13-12(17(24)25)9-14(26-13)16(23)19-8-6-7-15-20-21-18(27-4)22(15)10-11(2)3/h9,11H,5-8,10H2,1-4H3,(H,19,23)(H,24,25). The Labute approximate surface area is 162 Å². The summed E-state index contributed by atoms with van der Waals surface area (Å²) in [7, 11) is 0. The van der Waals surface area contributed by atoms with E-state index in [0.717, 1.165) is 17.5 Å². The number of carbonyl (C=O) groups is 2. The number of furan rings is 1. The number of thioether (sulfide) groups is 1. The second-order valence-corrected chi connectivity index (χ2v) is 7.35. The van der Waals surface area contributed by atoms with Crippen molar-refractivity contribution in [3.63, 3.8) is 0 Å². The third-order valence-corrected chi connectivity index (χ3v) is 4.64. The van der Waals surface area contributed by atoms with E-state index in [9.17, 15) is 9.59 Å². The molecule has 0 atom stereocenters. The molecule has 0 fully saturated rings. The molecule has 0 aliphatic rings. The van der Waals surface area contributed by atoms with Crippen LogP contribution in [0.4, 0.5) is 0 Å². The van der Waals surface area contributed by atoms with Crippen LogP contribution in [0.1, 0.15) is 59.7 Å². The van der Waals surface area contributed by atoms with Gasteiger partial charge in [0.1, 0.15) is 17.1 Å². The third kappa shape index (κ3) is 5.35. The Hall–Kier alpha value is -2.29. The second kappa shape index (κ2) is 9.59. The van der Waals surface area contributed by atoms with Gasteiger partial charge in [0.2, 0.25) is 0 Å². The van der Waals surface area contributed by atoms with E-state index in [4.69, 9.17) is 9.52 Å². The van der Waals surface area contributed by atoms with E-state index >= 15 is 0 Å². The van der Waals surface area contributed by atoms with Gasteiger partial charge < -0.3 is 19.4 Å². The lowest BCUT2D eigenvalue weighted by Crippen LogP contribution is -2.24. The van der Waals surface area contributed by atoms with Crippen LogP contribution in [0.2, 0.25) is 0 Å². The van der Waals surface area contributed by atoms with Gasteiger partial charge in [0, 0.05) is 32.0 Å². The topological polar surface area (TPSA) is 110 Å². The van der Waals surface area contributed by atoms with Gasteiger partial charge in [-0.25, -0.2) is 4.79 Å². The van der Waals surface area contributed by atoms with Gasteiger partial charge in [-0.3, -0.25) is 4.79 Å². The minimum Gasteiger partial charge on any atom is -0.478 e. The minimum atomic E-state index is -1.09. The summed E-state index contributed by atoms with van der Waals surface area (Å²) in [6.07, 6.45) is 3.78. The zero-order chi connectivity index (χ0) is 20.0. The minimum absolute atomic E-state index is 0.0249. The number of hydrogen-bond acceptors (Lipinski definition) is 6. The molecule has 2 aromatic rings. The lowest BCUT2D eigenvalue weighted by Gasteiger charge is -2.11. The number of carboxylic acid groups (broad SMARTS) is 1. The molecule has 0 aromatic carbocycles. The number of hydrogen-bond donors (Lipinski definition) is 2. The van der Waals surface area contributed by atoms with E-state index in [1.807, 2.05) is 6.26 Å². The van der Waals surface area contributed by atoms with Crippen molar-refractivity contribution in [2.24, 2.45) is 5.92 Å². The predicted molar refractivity (Wildman–Crippen MR) is 102 cm³/mol. The van der Waals surface area contributed by atoms with Crippen LogP contribution in [-0.2, 0) is 19.4 Å². The molecule has 2 aromatic heterocycles. The molecule has 0 bridgehead atoms. The Morgan fingerprint density at radius 3 is 2.67 bits per heavy atom. The van der Waals surface area contributed by atoms with Gasteiger partial charge in [-0.15, -0.1) is 10.2 Å². The van der Waals surface area contributed by atoms with Crippen molar-refractivity contribution < 1.29 is 19.1 Å². The molecule has 9 heteroatoms. The highest BCUT2D eigenvalue weighted by Gasteiger charge is 2.20. The molecule has 0 unspecified atom stereocenters. The molecule has 0 aliphatic carbocycles. The third-order valence-electron chi connectivity index (χ3n) is 3.97. The van der Waals surface area contributed by atoms with Gasteiger partial charge >= 0.3 is 5.97 Å². The van der Waals surface area contributed by atoms with E-state index in [-0.39, 0.29) is 11.3 Å². The molecule has 0 spiro atoms. The van der Waals surface area contributed by atoms with Crippen LogP contribution in [0.25, 0.3) is 0 Å². The van der Waals surface area contributed by atoms with Gasteiger partial charge in [-0.05, 0) is 18.6 Å². The van der Waals surface area contributed by atoms with E-state index in [0.29, 0.717) is 37.5 Å². The first kappa shape index (κ1) is 21.0. The number of carboxylic acids is 1. The molecular formula is C18H26N4O4S. The van der Waals surface area contributed by atoms with Gasteiger partial charge in [-0.1, -0.05) is 32.5 Å². The summed E-state index contributed by atoms with van der Waals surface area (Å²) >= 11 is 1.57. The molecule has 27 heavy (non-hydrogen) atoms. The summed E-state index contributed by atoms with van der Waals surface area (Å²) in [6.45, 7) is 7.37. The molecule has 148 valence electrons. The van der Waals surface area contributed by atoms with Gasteiger partial charge in [0.25, 0.3) is 5.91 Å². The largest absolute Gasteiger partial charge is 0.478 e. The number of rotatable bonds is 10. The molecular weight excluding hydrogens is 368 g/mol. The number of nitrogens with zero attached hydrogens (tertiary/aromatic N) is 3. The molecule has 1 amide bonds. The summed E-state index contributed by atoms with van der Waals surface area (Å²) in [5, 5.41) is 21.3. The number of amides is 1. The zero-order valence-electron chi connectivity index (χ0n) is 16.1. The van der Waals surface area contributed by atoms with Crippen molar-refractivity contribution in [2.75, 3.05) is 12.8 Å². The monoisotopic (exact) mass is 394 g/mol. The molecule has 2 rings (SSSR count). The molecule has 0 radical (unpaired) electrons. The summed E-state index contributed by atoms with van der Waals surface area (Å²) in [6, 6.07) is 1.28. The summed E-state index contributed by atoms with van der Waals surface area (Å²) in [5.41, 5.74) is 0.0361. The first-order valence-corrected chi connectivity index (χ1v) is 10.2. The number of aryl methyl sites for hydroxylation is 2. The number of aromatic carboxylic acids is 1. The van der Waals surface area contributed by atoms with Gasteiger partial charge in [0.15, 0.2) is 10.9 Å². The number of nitrogens with one attached hydrogen (secondary N) is 1. The van der Waals surface area contributed by atoms with E-state index in [2.05, 4.69) is 33.9 Å². The van der Waals surface area contributed by atoms with Crippen LogP contribution < -0.4 is 5.32 Å². The zero-order valence-corrected chi connectivity index (χ0v) is 16.9. The summed E-state index contributed by atoms with van der Waals surface area (Å²) in [4.78, 5) is 23.3. The lowest BCUT2D eigenvalue weighted by atomic mass is 10.2. The Morgan fingerprint density at radius 2 is 2.11 bits per heavy atom. The lowest BCUT2D eigenvalue weighted by molar-refractivity contribution is 0.0694. The van der Waals surface area contributed by atoms with E-state index < -0.39 is 11.9 Å². The average Bonchev–Trinajstić information content (AvgIpc) is 3.22. The van der Waals surface area contributed by atoms with E-state index in [1.165, 1.54) is 6.07 Å². The highest BCUT2D eigenvalue weighted by atomic mass is 32.2. The fourth-order valence-electron chi connectivity index (χ4n) is 2.72. The maximum atomic E-state index is 12.2. The smallest absolute Gasteiger partial charge is 0.339 e. The first-order valence-electron chi connectivity index (χ1n) is 8.97. The first-order chi connectivity index (χ1) is 12.9. The van der Waals surface area contributed by atoms with Crippen molar-refractivity contribution in [3.05, 3.63) is 29.0 Å². The van der Waals surface area contributed by atoms with Crippen LogP contribution in [0.15, 0.2) is 15.6 Å². The molecule has 2 N–H and O–H groups in total. The van der Waals surface area contributed by atoms with Crippen LogP contribution in [0.5, 0.6) is 0 Å². The van der Waals surface area contributed by atoms with Gasteiger partial charge in [0.05, 0.1) is 0 Å². The summed E-state index contributed by atoms with van der Waals surface area (Å²) in [5.74, 6) is 0.215. The second-order valence-electron chi connectivity index (χ2n) is 6.57. The predicted octanol–water partition coefficient (Wildman–Crippen LogP) is 2.87. The van der Waals surface area contributed by atoms with Crippen LogP contribution in [0, 0.1) is 5.92 Å². The summed E-state index contributed by atoms with van der Waals surface area (Å²) < 4.78 is 7.48. The SMILES string of the molecule is CCc1oc(C(=O)NCCCc2nnc(SC)n2CC(C)C)cc1C(=O)O. The Balaban J connectivity index is 1.91. The molecule has 0 saturated carbocycles. The molecule has 0 aliphatic heterocycles. The van der Waals surface area contributed by atoms with Crippen LogP contribution in [-0.4, -0.2) is 44.5 Å². The fourth-order valence-corrected chi connectivity index (χ4v) is 3.25. The normalized spacial score (nSPS) is 11.1. The van der Waals surface area contributed by atoms with E-state index in [1.54, 1.807) is 18.7 Å². The highest BCUT2D eigenvalue weighted by Crippen LogP contribution is 2.18. The fraction of sp³-hybridized carbons (Fsp3) is 0.556. The van der Waals surface area contributed by atoms with Crippen LogP contribution >= 0.6 is 11.8 Å². The quantitative estimate of drug-likeness (QED) is 0.471. The van der Waals surface area contributed by atoms with Crippen molar-refractivity contribution in [3.8, 4) is 0 Å². The van der Waals surface area contributed by atoms with Crippen LogP contribution in [0.3, 0.4) is 0 Å². The number of aromatic nitrogens is 3. The molecule has 8 nitrogen and oxygen atoms in total. The van der Waals surface area contributed by atoms with Gasteiger partial charge in [-0.2, -0.15) is 0 Å². The molecule has 2 heterocycles. The Kier molecular flexibility index (Phi) is 7.46. The average molecular weight is 394 g/mol. The Bertz CT molecular complexity index is 797. The maximum absolute atomic E-state index is 12.2. The van der Waals surface area contributed by atoms with Crippen molar-refractivity contribution in [1.82, 2.24) is 20.1 Å².